The summed E-state index contributed by atoms with van der Waals surface area (Å²) in [6, 6.07) is 1.54. The summed E-state index contributed by atoms with van der Waals surface area (Å²) in [6.07, 6.45) is 0.215. The van der Waals surface area contributed by atoms with Crippen LogP contribution in [0.2, 0.25) is 0 Å². The third kappa shape index (κ3) is 3.32. The highest BCUT2D eigenvalue weighted by molar-refractivity contribution is 7.16. The molecule has 1 aromatic rings. The Bertz CT molecular complexity index is 400. The van der Waals surface area contributed by atoms with Crippen LogP contribution < -0.4 is 5.32 Å². The molecule has 0 atom stereocenters. The van der Waals surface area contributed by atoms with Crippen molar-refractivity contribution < 1.29 is 19.4 Å². The zero-order valence-electron chi connectivity index (χ0n) is 9.07. The highest BCUT2D eigenvalue weighted by Crippen LogP contribution is 2.27. The lowest BCUT2D eigenvalue weighted by molar-refractivity contribution is -0.117. The van der Waals surface area contributed by atoms with Crippen molar-refractivity contribution in [2.75, 3.05) is 19.0 Å². The highest BCUT2D eigenvalue weighted by Gasteiger charge is 2.15. The van der Waals surface area contributed by atoms with Gasteiger partial charge in [-0.15, -0.1) is 11.3 Å². The van der Waals surface area contributed by atoms with E-state index in [0.717, 1.165) is 4.88 Å². The number of aromatic carboxylic acids is 1. The molecule has 16 heavy (non-hydrogen) atoms. The third-order valence-electron chi connectivity index (χ3n) is 1.87. The molecular formula is C10H13NO4S. The van der Waals surface area contributed by atoms with E-state index in [2.05, 4.69) is 5.32 Å². The van der Waals surface area contributed by atoms with E-state index < -0.39 is 5.97 Å². The lowest BCUT2D eigenvalue weighted by Crippen LogP contribution is -2.14. The molecule has 0 radical (unpaired) electrons. The number of rotatable bonds is 5. The van der Waals surface area contributed by atoms with E-state index in [-0.39, 0.29) is 17.9 Å². The zero-order chi connectivity index (χ0) is 12.1. The number of carbonyl (C=O) groups excluding carboxylic acids is 1. The first-order chi connectivity index (χ1) is 7.54. The average molecular weight is 243 g/mol. The number of aryl methyl sites for hydroxylation is 1. The summed E-state index contributed by atoms with van der Waals surface area (Å²) in [5.41, 5.74) is 0.133. The number of hydrogen-bond donors (Lipinski definition) is 2. The highest BCUT2D eigenvalue weighted by atomic mass is 32.1. The predicted molar refractivity (Wildman–Crippen MR) is 61.1 cm³/mol. The maximum absolute atomic E-state index is 11.4. The molecule has 5 nitrogen and oxygen atoms in total. The monoisotopic (exact) mass is 243 g/mol. The quantitative estimate of drug-likeness (QED) is 0.825. The Morgan fingerprint density at radius 2 is 2.25 bits per heavy atom. The van der Waals surface area contributed by atoms with Gasteiger partial charge < -0.3 is 15.2 Å². The Morgan fingerprint density at radius 1 is 1.56 bits per heavy atom. The van der Waals surface area contributed by atoms with Crippen molar-refractivity contribution >= 4 is 28.2 Å². The number of carbonyl (C=O) groups is 2. The molecule has 1 amide bonds. The topological polar surface area (TPSA) is 75.6 Å². The Labute approximate surface area is 97.0 Å². The maximum atomic E-state index is 11.4. The molecule has 0 saturated carbocycles. The molecule has 0 aromatic carbocycles. The summed E-state index contributed by atoms with van der Waals surface area (Å²) >= 11 is 1.25. The fourth-order valence-corrected chi connectivity index (χ4v) is 2.07. The van der Waals surface area contributed by atoms with Crippen LogP contribution in [0.15, 0.2) is 6.07 Å². The molecule has 1 heterocycles. The Balaban J connectivity index is 2.72. The number of thiophene rings is 1. The largest absolute Gasteiger partial charge is 0.478 e. The third-order valence-corrected chi connectivity index (χ3v) is 2.84. The average Bonchev–Trinajstić information content (AvgIpc) is 2.56. The van der Waals surface area contributed by atoms with Crippen molar-refractivity contribution in [3.05, 3.63) is 16.5 Å². The van der Waals surface area contributed by atoms with Gasteiger partial charge in [-0.05, 0) is 13.0 Å². The molecule has 2 N–H and O–H groups in total. The molecular weight excluding hydrogens is 230 g/mol. The van der Waals surface area contributed by atoms with Crippen molar-refractivity contribution in [2.24, 2.45) is 0 Å². The molecule has 6 heteroatoms. The molecule has 0 fully saturated rings. The molecule has 0 aliphatic rings. The van der Waals surface area contributed by atoms with Gasteiger partial charge in [0.25, 0.3) is 0 Å². The number of hydrogen-bond acceptors (Lipinski definition) is 4. The number of nitrogens with one attached hydrogen (secondary N) is 1. The minimum absolute atomic E-state index is 0.133. The molecule has 0 aliphatic heterocycles. The van der Waals surface area contributed by atoms with Crippen molar-refractivity contribution in [3.8, 4) is 0 Å². The summed E-state index contributed by atoms with van der Waals surface area (Å²) in [5.74, 6) is -1.28. The van der Waals surface area contributed by atoms with Gasteiger partial charge in [-0.3, -0.25) is 4.79 Å². The van der Waals surface area contributed by atoms with Crippen LogP contribution in [0.4, 0.5) is 5.00 Å². The predicted octanol–water partition coefficient (Wildman–Crippen LogP) is 1.73. The second-order valence-corrected chi connectivity index (χ2v) is 4.45. The summed E-state index contributed by atoms with van der Waals surface area (Å²) in [6.45, 7) is 2.11. The molecule has 0 bridgehead atoms. The fraction of sp³-hybridized carbons (Fsp3) is 0.400. The number of methoxy groups -OCH3 is 1. The van der Waals surface area contributed by atoms with Crippen LogP contribution in [0.3, 0.4) is 0 Å². The van der Waals surface area contributed by atoms with E-state index in [0.29, 0.717) is 11.6 Å². The Kier molecular flexibility index (Phi) is 4.45. The molecule has 0 aliphatic carbocycles. The van der Waals surface area contributed by atoms with Crippen molar-refractivity contribution in [1.29, 1.82) is 0 Å². The molecule has 0 spiro atoms. The maximum Gasteiger partial charge on any atom is 0.338 e. The number of anilines is 1. The molecule has 0 unspecified atom stereocenters. The van der Waals surface area contributed by atoms with Gasteiger partial charge in [-0.2, -0.15) is 0 Å². The zero-order valence-corrected chi connectivity index (χ0v) is 9.89. The van der Waals surface area contributed by atoms with Crippen LogP contribution in [0.25, 0.3) is 0 Å². The van der Waals surface area contributed by atoms with Gasteiger partial charge in [0.2, 0.25) is 5.91 Å². The standard InChI is InChI=1S/C10H13NO4S/c1-6-5-7(10(13)14)9(16-6)11-8(12)3-4-15-2/h5H,3-4H2,1-2H3,(H,11,12)(H,13,14). The SMILES string of the molecule is COCCC(=O)Nc1sc(C)cc1C(=O)O. The number of amides is 1. The van der Waals surface area contributed by atoms with Crippen molar-refractivity contribution in [2.45, 2.75) is 13.3 Å². The van der Waals surface area contributed by atoms with Crippen molar-refractivity contribution in [3.63, 3.8) is 0 Å². The van der Waals surface area contributed by atoms with Crippen LogP contribution in [0.5, 0.6) is 0 Å². The first-order valence-electron chi connectivity index (χ1n) is 4.67. The smallest absolute Gasteiger partial charge is 0.338 e. The van der Waals surface area contributed by atoms with E-state index in [1.807, 2.05) is 0 Å². The van der Waals surface area contributed by atoms with E-state index >= 15 is 0 Å². The van der Waals surface area contributed by atoms with E-state index in [1.165, 1.54) is 18.4 Å². The lowest BCUT2D eigenvalue weighted by atomic mass is 10.3. The summed E-state index contributed by atoms with van der Waals surface area (Å²) in [5, 5.41) is 11.8. The number of carboxylic acid groups (broad SMARTS) is 1. The van der Waals surface area contributed by atoms with E-state index in [4.69, 9.17) is 9.84 Å². The van der Waals surface area contributed by atoms with Crippen LogP contribution in [-0.2, 0) is 9.53 Å². The molecule has 88 valence electrons. The van der Waals surface area contributed by atoms with Gasteiger partial charge in [0.1, 0.15) is 5.00 Å². The fourth-order valence-electron chi connectivity index (χ4n) is 1.15. The number of ether oxygens (including phenoxy) is 1. The second-order valence-electron chi connectivity index (χ2n) is 3.20. The normalized spacial score (nSPS) is 10.1. The minimum atomic E-state index is -1.04. The van der Waals surface area contributed by atoms with E-state index in [1.54, 1.807) is 13.0 Å². The van der Waals surface area contributed by atoms with Gasteiger partial charge in [0.05, 0.1) is 18.6 Å². The van der Waals surface area contributed by atoms with Crippen LogP contribution >= 0.6 is 11.3 Å². The van der Waals surface area contributed by atoms with Crippen LogP contribution in [0.1, 0.15) is 21.7 Å². The number of carboxylic acids is 1. The van der Waals surface area contributed by atoms with Gasteiger partial charge in [0.15, 0.2) is 0 Å². The van der Waals surface area contributed by atoms with Gasteiger partial charge in [0, 0.05) is 12.0 Å². The summed E-state index contributed by atoms with van der Waals surface area (Å²) in [7, 11) is 1.51. The van der Waals surface area contributed by atoms with Crippen LogP contribution in [0, 0.1) is 6.92 Å². The Hall–Kier alpha value is -1.40. The molecule has 1 aromatic heterocycles. The van der Waals surface area contributed by atoms with Gasteiger partial charge >= 0.3 is 5.97 Å². The van der Waals surface area contributed by atoms with Gasteiger partial charge in [-0.25, -0.2) is 4.79 Å². The summed E-state index contributed by atoms with van der Waals surface area (Å²) < 4.78 is 4.76. The van der Waals surface area contributed by atoms with Gasteiger partial charge in [-0.1, -0.05) is 0 Å². The van der Waals surface area contributed by atoms with Crippen molar-refractivity contribution in [1.82, 2.24) is 0 Å². The van der Waals surface area contributed by atoms with Crippen LogP contribution in [-0.4, -0.2) is 30.7 Å². The molecule has 1 rings (SSSR count). The summed E-state index contributed by atoms with van der Waals surface area (Å²) in [4.78, 5) is 23.1. The first-order valence-corrected chi connectivity index (χ1v) is 5.48. The minimum Gasteiger partial charge on any atom is -0.478 e. The first kappa shape index (κ1) is 12.7. The Morgan fingerprint density at radius 3 is 2.81 bits per heavy atom. The molecule has 0 saturated heterocycles. The van der Waals surface area contributed by atoms with E-state index in [9.17, 15) is 9.59 Å². The lowest BCUT2D eigenvalue weighted by Gasteiger charge is -2.03. The second kappa shape index (κ2) is 5.62.